The quantitative estimate of drug-likeness (QED) is 0.510. The zero-order valence-electron chi connectivity index (χ0n) is 16.5. The molecule has 6 nitrogen and oxygen atoms in total. The van der Waals surface area contributed by atoms with E-state index in [-0.39, 0.29) is 18.7 Å². The van der Waals surface area contributed by atoms with Gasteiger partial charge in [-0.15, -0.1) is 0 Å². The van der Waals surface area contributed by atoms with E-state index < -0.39 is 6.10 Å². The van der Waals surface area contributed by atoms with Gasteiger partial charge in [0.1, 0.15) is 5.52 Å². The van der Waals surface area contributed by atoms with Crippen LogP contribution < -0.4 is 5.56 Å². The molecule has 2 heterocycles. The lowest BCUT2D eigenvalue weighted by Crippen LogP contribution is -2.29. The van der Waals surface area contributed by atoms with Gasteiger partial charge in [-0.05, 0) is 38.4 Å². The van der Waals surface area contributed by atoms with Crippen molar-refractivity contribution < 1.29 is 10.2 Å². The molecule has 0 saturated heterocycles. The molecule has 2 N–H and O–H groups in total. The SMILES string of the molecule is CN(C)CCn1c(=O)c2c(c3ccccc31)c1cc(Cl)ccc1n2CC(O)CO. The van der Waals surface area contributed by atoms with Crippen LogP contribution >= 0.6 is 11.6 Å². The number of aliphatic hydroxyl groups excluding tert-OH is 2. The second-order valence-electron chi connectivity index (χ2n) is 7.61. The minimum absolute atomic E-state index is 0.113. The van der Waals surface area contributed by atoms with Gasteiger partial charge in [-0.1, -0.05) is 29.8 Å². The van der Waals surface area contributed by atoms with Crippen LogP contribution in [0, 0.1) is 0 Å². The van der Waals surface area contributed by atoms with Gasteiger partial charge in [-0.3, -0.25) is 4.79 Å². The highest BCUT2D eigenvalue weighted by Gasteiger charge is 2.21. The first-order valence-electron chi connectivity index (χ1n) is 9.59. The number of halogens is 1. The highest BCUT2D eigenvalue weighted by Crippen LogP contribution is 2.34. The molecular formula is C22H24ClN3O3. The third-order valence-electron chi connectivity index (χ3n) is 5.31. The number of fused-ring (bicyclic) bond motifs is 5. The van der Waals surface area contributed by atoms with Crippen molar-refractivity contribution in [3.8, 4) is 0 Å². The zero-order valence-corrected chi connectivity index (χ0v) is 17.2. The molecule has 7 heteroatoms. The Labute approximate surface area is 173 Å². The Kier molecular flexibility index (Phi) is 5.36. The van der Waals surface area contributed by atoms with Crippen molar-refractivity contribution in [3.63, 3.8) is 0 Å². The molecule has 1 unspecified atom stereocenters. The number of nitrogens with zero attached hydrogens (tertiary/aromatic N) is 3. The molecule has 0 amide bonds. The molecule has 0 aliphatic carbocycles. The van der Waals surface area contributed by atoms with Crippen LogP contribution in [0.15, 0.2) is 47.3 Å². The predicted molar refractivity (Wildman–Crippen MR) is 118 cm³/mol. The Hall–Kier alpha value is -2.38. The van der Waals surface area contributed by atoms with Crippen molar-refractivity contribution in [2.45, 2.75) is 19.2 Å². The van der Waals surface area contributed by atoms with E-state index in [2.05, 4.69) is 0 Å². The lowest BCUT2D eigenvalue weighted by atomic mass is 10.1. The maximum Gasteiger partial charge on any atom is 0.275 e. The number of hydrogen-bond acceptors (Lipinski definition) is 4. The van der Waals surface area contributed by atoms with E-state index in [4.69, 9.17) is 11.6 Å². The van der Waals surface area contributed by atoms with Gasteiger partial charge in [0, 0.05) is 39.8 Å². The van der Waals surface area contributed by atoms with E-state index in [1.54, 1.807) is 10.6 Å². The van der Waals surface area contributed by atoms with Crippen molar-refractivity contribution in [1.29, 1.82) is 0 Å². The highest BCUT2D eigenvalue weighted by atomic mass is 35.5. The van der Waals surface area contributed by atoms with E-state index >= 15 is 0 Å². The molecule has 0 aliphatic rings. The van der Waals surface area contributed by atoms with Crippen molar-refractivity contribution in [1.82, 2.24) is 14.0 Å². The number of aromatic nitrogens is 2. The molecule has 152 valence electrons. The Morgan fingerprint density at radius 2 is 1.79 bits per heavy atom. The molecule has 2 aromatic heterocycles. The van der Waals surface area contributed by atoms with Crippen LogP contribution in [-0.2, 0) is 13.1 Å². The fourth-order valence-corrected chi connectivity index (χ4v) is 4.13. The fourth-order valence-electron chi connectivity index (χ4n) is 3.96. The number of para-hydroxylation sites is 1. The van der Waals surface area contributed by atoms with Crippen molar-refractivity contribution >= 4 is 44.3 Å². The number of benzene rings is 2. The number of likely N-dealkylation sites (N-methyl/N-ethyl adjacent to an activating group) is 1. The summed E-state index contributed by atoms with van der Waals surface area (Å²) in [5.41, 5.74) is 2.09. The molecule has 0 bridgehead atoms. The van der Waals surface area contributed by atoms with E-state index in [1.165, 1.54) is 0 Å². The van der Waals surface area contributed by atoms with E-state index in [9.17, 15) is 15.0 Å². The van der Waals surface area contributed by atoms with Gasteiger partial charge in [0.15, 0.2) is 0 Å². The average molecular weight is 414 g/mol. The molecule has 0 spiro atoms. The van der Waals surface area contributed by atoms with Crippen molar-refractivity contribution in [3.05, 3.63) is 57.8 Å². The van der Waals surface area contributed by atoms with E-state index in [0.717, 1.165) is 33.7 Å². The first-order chi connectivity index (χ1) is 13.9. The summed E-state index contributed by atoms with van der Waals surface area (Å²) in [6.45, 7) is 1.02. The smallest absolute Gasteiger partial charge is 0.275 e. The number of hydrogen-bond donors (Lipinski definition) is 2. The summed E-state index contributed by atoms with van der Waals surface area (Å²) in [6, 6.07) is 13.4. The monoisotopic (exact) mass is 413 g/mol. The second-order valence-corrected chi connectivity index (χ2v) is 8.05. The van der Waals surface area contributed by atoms with Crippen molar-refractivity contribution in [2.24, 2.45) is 0 Å². The summed E-state index contributed by atoms with van der Waals surface area (Å²) in [5.74, 6) is 0. The fraction of sp³-hybridized carbons (Fsp3) is 0.318. The van der Waals surface area contributed by atoms with Gasteiger partial charge in [-0.25, -0.2) is 0 Å². The summed E-state index contributed by atoms with van der Waals surface area (Å²) in [6.07, 6.45) is -0.967. The molecule has 29 heavy (non-hydrogen) atoms. The Bertz CT molecular complexity index is 1260. The lowest BCUT2D eigenvalue weighted by Gasteiger charge is -2.16. The van der Waals surface area contributed by atoms with Crippen LogP contribution in [0.4, 0.5) is 0 Å². The summed E-state index contributed by atoms with van der Waals surface area (Å²) in [5, 5.41) is 22.8. The Morgan fingerprint density at radius 3 is 2.52 bits per heavy atom. The zero-order chi connectivity index (χ0) is 20.7. The van der Waals surface area contributed by atoms with Crippen LogP contribution in [0.5, 0.6) is 0 Å². The first-order valence-corrected chi connectivity index (χ1v) is 9.96. The maximum absolute atomic E-state index is 13.6. The first kappa shape index (κ1) is 19.9. The summed E-state index contributed by atoms with van der Waals surface area (Å²) < 4.78 is 3.60. The van der Waals surface area contributed by atoms with Gasteiger partial charge in [0.05, 0.1) is 24.8 Å². The van der Waals surface area contributed by atoms with E-state index in [0.29, 0.717) is 17.1 Å². The minimum atomic E-state index is -0.967. The third-order valence-corrected chi connectivity index (χ3v) is 5.55. The normalized spacial score (nSPS) is 13.2. The maximum atomic E-state index is 13.6. The summed E-state index contributed by atoms with van der Waals surface area (Å²) in [7, 11) is 3.95. The van der Waals surface area contributed by atoms with Gasteiger partial charge < -0.3 is 24.2 Å². The van der Waals surface area contributed by atoms with Gasteiger partial charge in [0.25, 0.3) is 5.56 Å². The molecule has 0 aliphatic heterocycles. The minimum Gasteiger partial charge on any atom is -0.394 e. The molecule has 4 rings (SSSR count). The van der Waals surface area contributed by atoms with Crippen LogP contribution in [-0.4, -0.2) is 57.6 Å². The molecular weight excluding hydrogens is 390 g/mol. The number of aliphatic hydroxyl groups is 2. The van der Waals surface area contributed by atoms with Gasteiger partial charge in [0.2, 0.25) is 0 Å². The van der Waals surface area contributed by atoms with Crippen LogP contribution in [0.2, 0.25) is 5.02 Å². The van der Waals surface area contributed by atoms with Crippen LogP contribution in [0.3, 0.4) is 0 Å². The van der Waals surface area contributed by atoms with Gasteiger partial charge >= 0.3 is 0 Å². The molecule has 0 radical (unpaired) electrons. The molecule has 2 aromatic carbocycles. The molecule has 0 fully saturated rings. The number of rotatable bonds is 6. The molecule has 0 saturated carbocycles. The summed E-state index contributed by atoms with van der Waals surface area (Å²) in [4.78, 5) is 15.7. The van der Waals surface area contributed by atoms with Crippen LogP contribution in [0.25, 0.3) is 32.7 Å². The third kappa shape index (κ3) is 3.42. The Morgan fingerprint density at radius 1 is 1.07 bits per heavy atom. The summed E-state index contributed by atoms with van der Waals surface area (Å²) >= 11 is 6.28. The predicted octanol–water partition coefficient (Wildman–Crippen LogP) is 2.68. The van der Waals surface area contributed by atoms with Gasteiger partial charge in [-0.2, -0.15) is 0 Å². The lowest BCUT2D eigenvalue weighted by molar-refractivity contribution is 0.0830. The topological polar surface area (TPSA) is 70.6 Å². The van der Waals surface area contributed by atoms with E-state index in [1.807, 2.05) is 60.0 Å². The standard InChI is InChI=1S/C22H24ClN3O3/c1-24(2)9-10-25-18-6-4-3-5-16(18)20-17-11-14(23)7-8-19(17)26(12-15(28)13-27)21(20)22(25)29/h3-8,11,15,27-28H,9-10,12-13H2,1-2H3. The van der Waals surface area contributed by atoms with Crippen LogP contribution in [0.1, 0.15) is 0 Å². The highest BCUT2D eigenvalue weighted by molar-refractivity contribution is 6.32. The van der Waals surface area contributed by atoms with Crippen molar-refractivity contribution in [2.75, 3.05) is 27.2 Å². The molecule has 1 atom stereocenters. The molecule has 4 aromatic rings. The second kappa shape index (κ2) is 7.80. The largest absolute Gasteiger partial charge is 0.394 e. The number of pyridine rings is 1. The Balaban J connectivity index is 2.17. The average Bonchev–Trinajstić information content (AvgIpc) is 3.01.